The first-order valence-electron chi connectivity index (χ1n) is 8.57. The van der Waals surface area contributed by atoms with Crippen molar-refractivity contribution in [2.24, 2.45) is 0 Å². The molecule has 0 aliphatic heterocycles. The zero-order valence-corrected chi connectivity index (χ0v) is 15.0. The van der Waals surface area contributed by atoms with Gasteiger partial charge < -0.3 is 15.0 Å². The number of nitrogens with zero attached hydrogens (tertiary/aromatic N) is 1. The smallest absolute Gasteiger partial charge is 0.255 e. The molecule has 0 unspecified atom stereocenters. The molecule has 0 atom stereocenters. The number of benzene rings is 2. The minimum absolute atomic E-state index is 0.136. The predicted octanol–water partition coefficient (Wildman–Crippen LogP) is 3.00. The summed E-state index contributed by atoms with van der Waals surface area (Å²) in [7, 11) is 0. The summed E-state index contributed by atoms with van der Waals surface area (Å²) < 4.78 is 18.7. The van der Waals surface area contributed by atoms with Gasteiger partial charge in [0.15, 0.2) is 0 Å². The Kier molecular flexibility index (Phi) is 7.14. The molecule has 0 saturated heterocycles. The lowest BCUT2D eigenvalue weighted by Gasteiger charge is -2.21. The highest BCUT2D eigenvalue weighted by molar-refractivity contribution is 5.98. The van der Waals surface area contributed by atoms with Crippen molar-refractivity contribution >= 4 is 11.8 Å². The third-order valence-electron chi connectivity index (χ3n) is 3.83. The number of likely N-dealkylation sites (N-methyl/N-ethyl adjacent to an activating group) is 1. The number of halogens is 1. The first kappa shape index (κ1) is 19.4. The fourth-order valence-corrected chi connectivity index (χ4v) is 2.53. The zero-order chi connectivity index (χ0) is 18.9. The minimum atomic E-state index is -0.371. The van der Waals surface area contributed by atoms with Crippen LogP contribution in [-0.2, 0) is 11.3 Å². The molecular weight excluding hydrogens is 335 g/mol. The lowest BCUT2D eigenvalue weighted by atomic mass is 10.2. The fraction of sp³-hybridized carbons (Fsp3) is 0.300. The molecule has 6 heteroatoms. The van der Waals surface area contributed by atoms with Gasteiger partial charge in [0, 0.05) is 13.1 Å². The van der Waals surface area contributed by atoms with Gasteiger partial charge in [0.1, 0.15) is 11.6 Å². The Morgan fingerprint density at radius 3 is 2.58 bits per heavy atom. The molecule has 0 radical (unpaired) electrons. The van der Waals surface area contributed by atoms with E-state index in [1.165, 1.54) is 12.1 Å². The quantitative estimate of drug-likeness (QED) is 0.789. The minimum Gasteiger partial charge on any atom is -0.493 e. The van der Waals surface area contributed by atoms with Gasteiger partial charge in [-0.05, 0) is 43.7 Å². The third kappa shape index (κ3) is 5.31. The maximum absolute atomic E-state index is 13.3. The van der Waals surface area contributed by atoms with Crippen LogP contribution < -0.4 is 10.1 Å². The van der Waals surface area contributed by atoms with Gasteiger partial charge in [-0.2, -0.15) is 0 Å². The molecule has 0 bridgehead atoms. The van der Waals surface area contributed by atoms with E-state index in [0.717, 1.165) is 0 Å². The molecule has 2 aromatic rings. The number of amides is 2. The van der Waals surface area contributed by atoms with Crippen LogP contribution in [0.5, 0.6) is 5.75 Å². The number of hydrogen-bond donors (Lipinski definition) is 1. The Hall–Kier alpha value is -2.89. The van der Waals surface area contributed by atoms with Gasteiger partial charge in [0.2, 0.25) is 5.91 Å². The van der Waals surface area contributed by atoms with E-state index in [1.807, 2.05) is 13.8 Å². The lowest BCUT2D eigenvalue weighted by Crippen LogP contribution is -2.39. The van der Waals surface area contributed by atoms with Crippen molar-refractivity contribution in [1.82, 2.24) is 10.2 Å². The number of hydrogen-bond acceptors (Lipinski definition) is 3. The molecule has 5 nitrogen and oxygen atoms in total. The van der Waals surface area contributed by atoms with Crippen LogP contribution in [0.25, 0.3) is 0 Å². The summed E-state index contributed by atoms with van der Waals surface area (Å²) in [6, 6.07) is 13.0. The van der Waals surface area contributed by atoms with Gasteiger partial charge in [0.25, 0.3) is 5.91 Å². The molecule has 0 aliphatic carbocycles. The predicted molar refractivity (Wildman–Crippen MR) is 97.4 cm³/mol. The Morgan fingerprint density at radius 2 is 1.88 bits per heavy atom. The van der Waals surface area contributed by atoms with Crippen molar-refractivity contribution in [3.63, 3.8) is 0 Å². The van der Waals surface area contributed by atoms with E-state index in [0.29, 0.717) is 36.6 Å². The Bertz CT molecular complexity index is 764. The van der Waals surface area contributed by atoms with Crippen molar-refractivity contribution in [2.45, 2.75) is 20.4 Å². The largest absolute Gasteiger partial charge is 0.493 e. The standard InChI is InChI=1S/C20H23FN2O3/c1-3-23(14-15-8-7-9-16(21)12-15)19(24)13-22-20(25)17-10-5-6-11-18(17)26-4-2/h5-12H,3-4,13-14H2,1-2H3,(H,22,25). The van der Waals surface area contributed by atoms with Crippen molar-refractivity contribution in [2.75, 3.05) is 19.7 Å². The van der Waals surface area contributed by atoms with Gasteiger partial charge >= 0.3 is 0 Å². The molecule has 0 heterocycles. The average molecular weight is 358 g/mol. The second-order valence-electron chi connectivity index (χ2n) is 5.65. The zero-order valence-electron chi connectivity index (χ0n) is 15.0. The number of carbonyl (C=O) groups is 2. The molecular formula is C20H23FN2O3. The molecule has 0 saturated carbocycles. The number of para-hydroxylation sites is 1. The molecule has 26 heavy (non-hydrogen) atoms. The molecule has 0 aliphatic rings. The maximum atomic E-state index is 13.3. The first-order chi connectivity index (χ1) is 12.5. The lowest BCUT2D eigenvalue weighted by molar-refractivity contribution is -0.130. The highest BCUT2D eigenvalue weighted by Crippen LogP contribution is 2.17. The number of nitrogens with one attached hydrogen (secondary N) is 1. The third-order valence-corrected chi connectivity index (χ3v) is 3.83. The van der Waals surface area contributed by atoms with Crippen LogP contribution in [0.2, 0.25) is 0 Å². The van der Waals surface area contributed by atoms with E-state index in [9.17, 15) is 14.0 Å². The van der Waals surface area contributed by atoms with Crippen LogP contribution in [0.4, 0.5) is 4.39 Å². The normalized spacial score (nSPS) is 10.3. The SMILES string of the molecule is CCOc1ccccc1C(=O)NCC(=O)N(CC)Cc1cccc(F)c1. The summed E-state index contributed by atoms with van der Waals surface area (Å²) in [6.45, 7) is 4.73. The van der Waals surface area contributed by atoms with Crippen LogP contribution in [-0.4, -0.2) is 36.4 Å². The second-order valence-corrected chi connectivity index (χ2v) is 5.65. The van der Waals surface area contributed by atoms with E-state index in [4.69, 9.17) is 4.74 Å². The number of ether oxygens (including phenoxy) is 1. The molecule has 2 rings (SSSR count). The van der Waals surface area contributed by atoms with Gasteiger partial charge in [-0.15, -0.1) is 0 Å². The highest BCUT2D eigenvalue weighted by Gasteiger charge is 2.16. The molecule has 1 N–H and O–H groups in total. The van der Waals surface area contributed by atoms with Crippen molar-refractivity contribution < 1.29 is 18.7 Å². The summed E-state index contributed by atoms with van der Waals surface area (Å²) >= 11 is 0. The second kappa shape index (κ2) is 9.56. The molecule has 0 fully saturated rings. The molecule has 0 spiro atoms. The van der Waals surface area contributed by atoms with Crippen molar-refractivity contribution in [3.05, 3.63) is 65.5 Å². The summed E-state index contributed by atoms with van der Waals surface area (Å²) in [5.74, 6) is -0.470. The van der Waals surface area contributed by atoms with Crippen LogP contribution in [0.3, 0.4) is 0 Å². The Balaban J connectivity index is 1.97. The van der Waals surface area contributed by atoms with E-state index in [2.05, 4.69) is 5.32 Å². The van der Waals surface area contributed by atoms with Crippen LogP contribution in [0.1, 0.15) is 29.8 Å². The first-order valence-corrected chi connectivity index (χ1v) is 8.57. The number of rotatable bonds is 8. The maximum Gasteiger partial charge on any atom is 0.255 e. The van der Waals surface area contributed by atoms with Crippen molar-refractivity contribution in [1.29, 1.82) is 0 Å². The van der Waals surface area contributed by atoms with Gasteiger partial charge in [-0.1, -0.05) is 24.3 Å². The van der Waals surface area contributed by atoms with Gasteiger partial charge in [-0.3, -0.25) is 9.59 Å². The topological polar surface area (TPSA) is 58.6 Å². The van der Waals surface area contributed by atoms with Crippen LogP contribution in [0, 0.1) is 5.82 Å². The van der Waals surface area contributed by atoms with Gasteiger partial charge in [-0.25, -0.2) is 4.39 Å². The summed E-state index contributed by atoms with van der Waals surface area (Å²) in [5.41, 5.74) is 1.09. The Labute approximate surface area is 152 Å². The number of carbonyl (C=O) groups excluding carboxylic acids is 2. The molecule has 2 aromatic carbocycles. The fourth-order valence-electron chi connectivity index (χ4n) is 2.53. The van der Waals surface area contributed by atoms with Crippen molar-refractivity contribution in [3.8, 4) is 5.75 Å². The average Bonchev–Trinajstić information content (AvgIpc) is 2.64. The van der Waals surface area contributed by atoms with Gasteiger partial charge in [0.05, 0.1) is 18.7 Å². The molecule has 0 aromatic heterocycles. The summed E-state index contributed by atoms with van der Waals surface area (Å²) in [4.78, 5) is 26.3. The molecule has 138 valence electrons. The monoisotopic (exact) mass is 358 g/mol. The van der Waals surface area contributed by atoms with Crippen LogP contribution in [0.15, 0.2) is 48.5 Å². The van der Waals surface area contributed by atoms with E-state index < -0.39 is 0 Å². The highest BCUT2D eigenvalue weighted by atomic mass is 19.1. The van der Waals surface area contributed by atoms with E-state index in [-0.39, 0.29) is 24.2 Å². The summed E-state index contributed by atoms with van der Waals surface area (Å²) in [6.07, 6.45) is 0. The Morgan fingerprint density at radius 1 is 1.12 bits per heavy atom. The summed E-state index contributed by atoms with van der Waals surface area (Å²) in [5, 5.41) is 2.63. The van der Waals surface area contributed by atoms with E-state index >= 15 is 0 Å². The van der Waals surface area contributed by atoms with E-state index in [1.54, 1.807) is 41.3 Å². The molecule has 2 amide bonds. The van der Waals surface area contributed by atoms with Crippen LogP contribution >= 0.6 is 0 Å².